The third kappa shape index (κ3) is 4.13. The fourth-order valence-corrected chi connectivity index (χ4v) is 2.96. The van der Waals surface area contributed by atoms with Gasteiger partial charge in [0.1, 0.15) is 10.7 Å². The van der Waals surface area contributed by atoms with Crippen LogP contribution in [0, 0.1) is 18.8 Å². The summed E-state index contributed by atoms with van der Waals surface area (Å²) >= 11 is 4.98. The van der Waals surface area contributed by atoms with E-state index in [1.54, 1.807) is 0 Å². The molecule has 1 aliphatic rings. The van der Waals surface area contributed by atoms with Gasteiger partial charge in [0.25, 0.3) is 0 Å². The van der Waals surface area contributed by atoms with Gasteiger partial charge in [-0.1, -0.05) is 38.4 Å². The maximum atomic E-state index is 5.63. The van der Waals surface area contributed by atoms with E-state index >= 15 is 0 Å². The largest absolute Gasteiger partial charge is 0.388 e. The Morgan fingerprint density at radius 2 is 1.95 bits per heavy atom. The zero-order valence-electron chi connectivity index (χ0n) is 12.4. The molecule has 5 heteroatoms. The number of aromatic nitrogens is 2. The lowest BCUT2D eigenvalue weighted by Crippen LogP contribution is -2.22. The smallest absolute Gasteiger partial charge is 0.223 e. The monoisotopic (exact) mass is 292 g/mol. The lowest BCUT2D eigenvalue weighted by Gasteiger charge is -2.27. The highest BCUT2D eigenvalue weighted by Gasteiger charge is 2.20. The molecule has 2 rings (SSSR count). The molecule has 20 heavy (non-hydrogen) atoms. The summed E-state index contributed by atoms with van der Waals surface area (Å²) in [6.45, 7) is 5.17. The molecule has 110 valence electrons. The van der Waals surface area contributed by atoms with Gasteiger partial charge >= 0.3 is 0 Å². The highest BCUT2D eigenvalue weighted by atomic mass is 32.1. The van der Waals surface area contributed by atoms with Crippen molar-refractivity contribution in [3.05, 3.63) is 17.5 Å². The lowest BCUT2D eigenvalue weighted by molar-refractivity contribution is 0.278. The lowest BCUT2D eigenvalue weighted by atomic mass is 9.81. The standard InChI is InChI=1S/C15H24N4S/c1-3-11-4-6-12(7-5-11)9-17-15-18-10(2)8-13(19-15)14(16)20/h8,11-12H,3-7,9H2,1-2H3,(H2,16,20)(H,17,18,19). The van der Waals surface area contributed by atoms with Crippen molar-refractivity contribution < 1.29 is 0 Å². The first kappa shape index (κ1) is 15.2. The van der Waals surface area contributed by atoms with Crippen LogP contribution in [0.25, 0.3) is 0 Å². The van der Waals surface area contributed by atoms with Crippen molar-refractivity contribution >= 4 is 23.2 Å². The molecule has 0 unspecified atom stereocenters. The Labute approximate surface area is 126 Å². The van der Waals surface area contributed by atoms with Crippen molar-refractivity contribution in [2.45, 2.75) is 46.0 Å². The number of thiocarbonyl (C=S) groups is 1. The maximum absolute atomic E-state index is 5.63. The third-order valence-corrected chi connectivity index (χ3v) is 4.41. The van der Waals surface area contributed by atoms with E-state index < -0.39 is 0 Å². The molecule has 1 aliphatic carbocycles. The molecular formula is C15H24N4S. The summed E-state index contributed by atoms with van der Waals surface area (Å²) in [6.07, 6.45) is 6.64. The number of hydrogen-bond acceptors (Lipinski definition) is 4. The summed E-state index contributed by atoms with van der Waals surface area (Å²) in [5.41, 5.74) is 7.17. The van der Waals surface area contributed by atoms with Gasteiger partial charge < -0.3 is 11.1 Å². The predicted octanol–water partition coefficient (Wildman–Crippen LogP) is 3.05. The first-order chi connectivity index (χ1) is 9.58. The second kappa shape index (κ2) is 6.97. The Hall–Kier alpha value is -1.23. The van der Waals surface area contributed by atoms with Crippen LogP contribution in [0.2, 0.25) is 0 Å². The van der Waals surface area contributed by atoms with Gasteiger partial charge in [-0.05, 0) is 37.7 Å². The minimum Gasteiger partial charge on any atom is -0.388 e. The molecule has 0 bridgehead atoms. The number of aryl methyl sites for hydroxylation is 1. The normalized spacial score (nSPS) is 22.5. The quantitative estimate of drug-likeness (QED) is 0.817. The predicted molar refractivity (Wildman–Crippen MR) is 86.9 cm³/mol. The second-order valence-electron chi connectivity index (χ2n) is 5.76. The van der Waals surface area contributed by atoms with Crippen LogP contribution >= 0.6 is 12.2 Å². The Kier molecular flexibility index (Phi) is 5.29. The maximum Gasteiger partial charge on any atom is 0.223 e. The first-order valence-corrected chi connectivity index (χ1v) is 7.88. The molecular weight excluding hydrogens is 268 g/mol. The summed E-state index contributed by atoms with van der Waals surface area (Å²) in [6, 6.07) is 1.82. The average Bonchev–Trinajstić information content (AvgIpc) is 2.45. The molecule has 1 aromatic heterocycles. The van der Waals surface area contributed by atoms with E-state index in [2.05, 4.69) is 22.2 Å². The molecule has 0 aromatic carbocycles. The van der Waals surface area contributed by atoms with E-state index in [4.69, 9.17) is 18.0 Å². The van der Waals surface area contributed by atoms with Crippen LogP contribution in [0.3, 0.4) is 0 Å². The number of nitrogens with one attached hydrogen (secondary N) is 1. The Morgan fingerprint density at radius 3 is 2.55 bits per heavy atom. The first-order valence-electron chi connectivity index (χ1n) is 7.47. The number of nitrogens with zero attached hydrogens (tertiary/aromatic N) is 2. The van der Waals surface area contributed by atoms with Gasteiger partial charge in [-0.15, -0.1) is 0 Å². The van der Waals surface area contributed by atoms with Crippen LogP contribution in [0.15, 0.2) is 6.07 Å². The van der Waals surface area contributed by atoms with Crippen LogP contribution in [-0.2, 0) is 0 Å². The van der Waals surface area contributed by atoms with Crippen molar-refractivity contribution in [1.82, 2.24) is 9.97 Å². The summed E-state index contributed by atoms with van der Waals surface area (Å²) in [4.78, 5) is 9.08. The van der Waals surface area contributed by atoms with Gasteiger partial charge in [-0.2, -0.15) is 0 Å². The minimum absolute atomic E-state index is 0.321. The molecule has 1 fully saturated rings. The Morgan fingerprint density at radius 1 is 1.30 bits per heavy atom. The molecule has 3 N–H and O–H groups in total. The van der Waals surface area contributed by atoms with Crippen molar-refractivity contribution in [2.24, 2.45) is 17.6 Å². The summed E-state index contributed by atoms with van der Waals surface area (Å²) in [7, 11) is 0. The minimum atomic E-state index is 0.321. The molecule has 0 amide bonds. The van der Waals surface area contributed by atoms with Crippen molar-refractivity contribution in [3.63, 3.8) is 0 Å². The van der Waals surface area contributed by atoms with E-state index in [0.29, 0.717) is 16.6 Å². The van der Waals surface area contributed by atoms with Crippen LogP contribution in [0.1, 0.15) is 50.4 Å². The fraction of sp³-hybridized carbons (Fsp3) is 0.667. The molecule has 0 radical (unpaired) electrons. The van der Waals surface area contributed by atoms with Crippen molar-refractivity contribution in [3.8, 4) is 0 Å². The van der Waals surface area contributed by atoms with Gasteiger partial charge in [0.05, 0.1) is 0 Å². The molecule has 0 saturated heterocycles. The zero-order chi connectivity index (χ0) is 14.5. The topological polar surface area (TPSA) is 63.8 Å². The molecule has 1 heterocycles. The van der Waals surface area contributed by atoms with Gasteiger partial charge in [0, 0.05) is 12.2 Å². The molecule has 4 nitrogen and oxygen atoms in total. The number of rotatable bonds is 5. The summed E-state index contributed by atoms with van der Waals surface area (Å²) in [5, 5.41) is 3.35. The molecule has 0 spiro atoms. The molecule has 1 saturated carbocycles. The van der Waals surface area contributed by atoms with Crippen molar-refractivity contribution in [1.29, 1.82) is 0 Å². The highest BCUT2D eigenvalue weighted by molar-refractivity contribution is 7.80. The molecule has 0 aliphatic heterocycles. The van der Waals surface area contributed by atoms with E-state index in [1.165, 1.54) is 32.1 Å². The van der Waals surface area contributed by atoms with Crippen LogP contribution in [0.4, 0.5) is 5.95 Å². The van der Waals surface area contributed by atoms with E-state index in [9.17, 15) is 0 Å². The molecule has 0 atom stereocenters. The Balaban J connectivity index is 1.89. The van der Waals surface area contributed by atoms with E-state index in [0.717, 1.165) is 24.1 Å². The Bertz CT molecular complexity index is 467. The number of nitrogens with two attached hydrogens (primary N) is 1. The van der Waals surface area contributed by atoms with Gasteiger partial charge in [-0.25, -0.2) is 9.97 Å². The second-order valence-corrected chi connectivity index (χ2v) is 6.20. The molecule has 1 aromatic rings. The average molecular weight is 292 g/mol. The number of hydrogen-bond donors (Lipinski definition) is 2. The van der Waals surface area contributed by atoms with Crippen LogP contribution < -0.4 is 11.1 Å². The van der Waals surface area contributed by atoms with Crippen LogP contribution in [-0.4, -0.2) is 21.5 Å². The highest BCUT2D eigenvalue weighted by Crippen LogP contribution is 2.30. The zero-order valence-corrected chi connectivity index (χ0v) is 13.2. The van der Waals surface area contributed by atoms with E-state index in [-0.39, 0.29) is 0 Å². The summed E-state index contributed by atoms with van der Waals surface area (Å²) < 4.78 is 0. The van der Waals surface area contributed by atoms with E-state index in [1.807, 2.05) is 13.0 Å². The SMILES string of the molecule is CCC1CCC(CNc2nc(C)cc(C(N)=S)n2)CC1. The van der Waals surface area contributed by atoms with Gasteiger partial charge in [0.2, 0.25) is 5.95 Å². The van der Waals surface area contributed by atoms with Crippen molar-refractivity contribution in [2.75, 3.05) is 11.9 Å². The van der Waals surface area contributed by atoms with Gasteiger partial charge in [0.15, 0.2) is 0 Å². The van der Waals surface area contributed by atoms with Crippen LogP contribution in [0.5, 0.6) is 0 Å². The number of anilines is 1. The third-order valence-electron chi connectivity index (χ3n) is 4.20. The fourth-order valence-electron chi connectivity index (χ4n) is 2.85. The summed E-state index contributed by atoms with van der Waals surface area (Å²) in [5.74, 6) is 2.31. The van der Waals surface area contributed by atoms with Gasteiger partial charge in [-0.3, -0.25) is 0 Å².